The maximum absolute atomic E-state index is 12.0. The number of rotatable bonds is 6. The van der Waals surface area contributed by atoms with Gasteiger partial charge in [-0.2, -0.15) is 0 Å². The zero-order valence-corrected chi connectivity index (χ0v) is 12.8. The van der Waals surface area contributed by atoms with Crippen LogP contribution in [-0.2, 0) is 4.79 Å². The predicted octanol–water partition coefficient (Wildman–Crippen LogP) is 1.22. The van der Waals surface area contributed by atoms with E-state index < -0.39 is 12.0 Å². The summed E-state index contributed by atoms with van der Waals surface area (Å²) in [6.07, 6.45) is 2.14. The van der Waals surface area contributed by atoms with Gasteiger partial charge >= 0.3 is 12.0 Å². The van der Waals surface area contributed by atoms with Crippen molar-refractivity contribution in [1.82, 2.24) is 15.1 Å². The molecule has 1 fully saturated rings. The van der Waals surface area contributed by atoms with E-state index in [0.29, 0.717) is 32.1 Å². The average molecular weight is 285 g/mol. The van der Waals surface area contributed by atoms with E-state index in [-0.39, 0.29) is 6.03 Å². The highest BCUT2D eigenvalue weighted by molar-refractivity contribution is 5.75. The Morgan fingerprint density at radius 2 is 1.70 bits per heavy atom. The van der Waals surface area contributed by atoms with Gasteiger partial charge in [0.15, 0.2) is 0 Å². The van der Waals surface area contributed by atoms with E-state index in [1.54, 1.807) is 11.8 Å². The summed E-state index contributed by atoms with van der Waals surface area (Å²) in [7, 11) is 0. The number of amides is 2. The summed E-state index contributed by atoms with van der Waals surface area (Å²) in [5, 5.41) is 11.9. The summed E-state index contributed by atoms with van der Waals surface area (Å²) in [4.78, 5) is 26.6. The van der Waals surface area contributed by atoms with Crippen LogP contribution in [0.1, 0.15) is 33.6 Å². The Balaban J connectivity index is 2.34. The number of aliphatic carboxylic acids is 1. The molecule has 20 heavy (non-hydrogen) atoms. The van der Waals surface area contributed by atoms with Gasteiger partial charge in [-0.25, -0.2) is 4.79 Å². The van der Waals surface area contributed by atoms with Gasteiger partial charge in [0.1, 0.15) is 6.04 Å². The smallest absolute Gasteiger partial charge is 0.320 e. The maximum Gasteiger partial charge on any atom is 0.320 e. The molecular weight excluding hydrogens is 258 g/mol. The normalized spacial score (nSPS) is 18.1. The van der Waals surface area contributed by atoms with E-state index in [1.807, 2.05) is 4.90 Å². The first-order valence-corrected chi connectivity index (χ1v) is 7.49. The van der Waals surface area contributed by atoms with Gasteiger partial charge in [0, 0.05) is 32.7 Å². The summed E-state index contributed by atoms with van der Waals surface area (Å²) < 4.78 is 0. The molecule has 1 rings (SSSR count). The third-order valence-electron chi connectivity index (χ3n) is 4.20. The fourth-order valence-electron chi connectivity index (χ4n) is 2.39. The monoisotopic (exact) mass is 285 g/mol. The summed E-state index contributed by atoms with van der Waals surface area (Å²) >= 11 is 0. The highest BCUT2D eigenvalue weighted by Crippen LogP contribution is 2.08. The van der Waals surface area contributed by atoms with Gasteiger partial charge in [-0.15, -0.1) is 0 Å². The zero-order valence-electron chi connectivity index (χ0n) is 12.8. The highest BCUT2D eigenvalue weighted by atomic mass is 16.4. The summed E-state index contributed by atoms with van der Waals surface area (Å²) in [5.41, 5.74) is 0. The van der Waals surface area contributed by atoms with Gasteiger partial charge in [-0.3, -0.25) is 9.69 Å². The minimum absolute atomic E-state index is 0.0282. The van der Waals surface area contributed by atoms with Crippen molar-refractivity contribution in [2.45, 2.75) is 39.7 Å². The van der Waals surface area contributed by atoms with Gasteiger partial charge in [0.05, 0.1) is 0 Å². The molecule has 0 radical (unpaired) electrons. The Hall–Kier alpha value is -1.30. The van der Waals surface area contributed by atoms with Crippen LogP contribution in [0, 0.1) is 5.92 Å². The van der Waals surface area contributed by atoms with Crippen LogP contribution in [0.2, 0.25) is 0 Å². The van der Waals surface area contributed by atoms with Crippen molar-refractivity contribution < 1.29 is 14.7 Å². The molecule has 2 amide bonds. The lowest BCUT2D eigenvalue weighted by Gasteiger charge is -2.36. The summed E-state index contributed by atoms with van der Waals surface area (Å²) in [6, 6.07) is -0.510. The molecule has 0 aromatic heterocycles. The standard InChI is InChI=1S/C14H27N3O3/c1-4-12(5-2)10-15-14(20)17-8-6-16(7-9-17)11(3)13(18)19/h11-12H,4-10H2,1-3H3,(H,15,20)(H,18,19). The van der Waals surface area contributed by atoms with Crippen molar-refractivity contribution in [2.24, 2.45) is 5.92 Å². The minimum atomic E-state index is -0.809. The van der Waals surface area contributed by atoms with E-state index in [2.05, 4.69) is 19.2 Å². The Morgan fingerprint density at radius 1 is 1.15 bits per heavy atom. The number of carbonyl (C=O) groups excluding carboxylic acids is 1. The van der Waals surface area contributed by atoms with Crippen LogP contribution in [0.3, 0.4) is 0 Å². The molecule has 1 atom stereocenters. The molecule has 0 bridgehead atoms. The van der Waals surface area contributed by atoms with Crippen LogP contribution in [0.5, 0.6) is 0 Å². The third-order valence-corrected chi connectivity index (χ3v) is 4.20. The summed E-state index contributed by atoms with van der Waals surface area (Å²) in [6.45, 7) is 9.08. The first-order valence-electron chi connectivity index (χ1n) is 7.49. The first-order chi connectivity index (χ1) is 9.49. The van der Waals surface area contributed by atoms with Crippen molar-refractivity contribution in [1.29, 1.82) is 0 Å². The van der Waals surface area contributed by atoms with Crippen molar-refractivity contribution in [2.75, 3.05) is 32.7 Å². The van der Waals surface area contributed by atoms with E-state index in [9.17, 15) is 9.59 Å². The average Bonchev–Trinajstić information content (AvgIpc) is 2.47. The highest BCUT2D eigenvalue weighted by Gasteiger charge is 2.27. The van der Waals surface area contributed by atoms with Crippen LogP contribution in [0.25, 0.3) is 0 Å². The molecule has 1 aliphatic heterocycles. The molecule has 0 aromatic rings. The number of hydrogen-bond acceptors (Lipinski definition) is 3. The first kappa shape index (κ1) is 16.8. The quantitative estimate of drug-likeness (QED) is 0.769. The SMILES string of the molecule is CCC(CC)CNC(=O)N1CCN(C(C)C(=O)O)CC1. The summed E-state index contributed by atoms with van der Waals surface area (Å²) in [5.74, 6) is -0.274. The van der Waals surface area contributed by atoms with E-state index >= 15 is 0 Å². The van der Waals surface area contributed by atoms with Crippen molar-refractivity contribution in [3.05, 3.63) is 0 Å². The fraction of sp³-hybridized carbons (Fsp3) is 0.857. The van der Waals surface area contributed by atoms with Gasteiger partial charge in [-0.1, -0.05) is 26.7 Å². The molecule has 116 valence electrons. The van der Waals surface area contributed by atoms with Gasteiger partial charge in [-0.05, 0) is 12.8 Å². The molecule has 6 nitrogen and oxygen atoms in total. The molecule has 2 N–H and O–H groups in total. The largest absolute Gasteiger partial charge is 0.480 e. The lowest BCUT2D eigenvalue weighted by molar-refractivity contribution is -0.143. The molecular formula is C14H27N3O3. The molecule has 6 heteroatoms. The van der Waals surface area contributed by atoms with Crippen LogP contribution in [0.15, 0.2) is 0 Å². The Bertz CT molecular complexity index is 324. The van der Waals surface area contributed by atoms with Crippen molar-refractivity contribution in [3.63, 3.8) is 0 Å². The van der Waals surface area contributed by atoms with Gasteiger partial charge in [0.2, 0.25) is 0 Å². The molecule has 1 aliphatic rings. The van der Waals surface area contributed by atoms with Crippen LogP contribution < -0.4 is 5.32 Å². The number of carbonyl (C=O) groups is 2. The second-order valence-electron chi connectivity index (χ2n) is 5.41. The van der Waals surface area contributed by atoms with Crippen molar-refractivity contribution in [3.8, 4) is 0 Å². The zero-order chi connectivity index (χ0) is 15.1. The van der Waals surface area contributed by atoms with Crippen LogP contribution in [0.4, 0.5) is 4.79 Å². The third kappa shape index (κ3) is 4.67. The number of carboxylic acid groups (broad SMARTS) is 1. The van der Waals surface area contributed by atoms with Crippen LogP contribution >= 0.6 is 0 Å². The Labute approximate surface area is 121 Å². The molecule has 0 aromatic carbocycles. The molecule has 0 aliphatic carbocycles. The Kier molecular flexibility index (Phi) is 6.78. The molecule has 1 saturated heterocycles. The van der Waals surface area contributed by atoms with E-state index in [4.69, 9.17) is 5.11 Å². The predicted molar refractivity (Wildman–Crippen MR) is 77.7 cm³/mol. The number of urea groups is 1. The van der Waals surface area contributed by atoms with Crippen LogP contribution in [-0.4, -0.2) is 65.7 Å². The molecule has 0 spiro atoms. The number of hydrogen-bond donors (Lipinski definition) is 2. The number of nitrogens with one attached hydrogen (secondary N) is 1. The second kappa shape index (κ2) is 8.09. The number of piperazine rings is 1. The van der Waals surface area contributed by atoms with Gasteiger partial charge < -0.3 is 15.3 Å². The van der Waals surface area contributed by atoms with Crippen molar-refractivity contribution >= 4 is 12.0 Å². The molecule has 1 heterocycles. The topological polar surface area (TPSA) is 72.9 Å². The number of carboxylic acids is 1. The van der Waals surface area contributed by atoms with E-state index in [0.717, 1.165) is 19.4 Å². The lowest BCUT2D eigenvalue weighted by atomic mass is 10.0. The Morgan fingerprint density at radius 3 is 2.15 bits per heavy atom. The van der Waals surface area contributed by atoms with Gasteiger partial charge in [0.25, 0.3) is 0 Å². The minimum Gasteiger partial charge on any atom is -0.480 e. The number of nitrogens with zero attached hydrogens (tertiary/aromatic N) is 2. The fourth-order valence-corrected chi connectivity index (χ4v) is 2.39. The second-order valence-corrected chi connectivity index (χ2v) is 5.41. The van der Waals surface area contributed by atoms with E-state index in [1.165, 1.54) is 0 Å². The molecule has 0 saturated carbocycles. The maximum atomic E-state index is 12.0. The lowest BCUT2D eigenvalue weighted by Crippen LogP contribution is -2.55. The molecule has 1 unspecified atom stereocenters.